The SMILES string of the molecule is CCC1CCC(NCCCCOC(C)C)C1. The maximum Gasteiger partial charge on any atom is 0.0518 e. The van der Waals surface area contributed by atoms with Gasteiger partial charge >= 0.3 is 0 Å². The van der Waals surface area contributed by atoms with Crippen molar-refractivity contribution in [1.29, 1.82) is 0 Å². The molecule has 96 valence electrons. The number of rotatable bonds is 8. The molecule has 1 N–H and O–H groups in total. The average molecular weight is 227 g/mol. The first-order valence-corrected chi connectivity index (χ1v) is 7.07. The van der Waals surface area contributed by atoms with E-state index in [1.165, 1.54) is 45.1 Å². The van der Waals surface area contributed by atoms with Crippen LogP contribution in [0, 0.1) is 5.92 Å². The third-order valence-corrected chi connectivity index (χ3v) is 3.57. The first-order valence-electron chi connectivity index (χ1n) is 7.07. The zero-order valence-electron chi connectivity index (χ0n) is 11.3. The molecule has 2 unspecified atom stereocenters. The van der Waals surface area contributed by atoms with E-state index in [0.717, 1.165) is 18.6 Å². The van der Waals surface area contributed by atoms with Gasteiger partial charge in [0.25, 0.3) is 0 Å². The molecule has 1 aliphatic rings. The normalized spacial score (nSPS) is 25.5. The minimum atomic E-state index is 0.383. The van der Waals surface area contributed by atoms with Crippen LogP contribution in [0.3, 0.4) is 0 Å². The van der Waals surface area contributed by atoms with Crippen LogP contribution in [0.4, 0.5) is 0 Å². The predicted octanol–water partition coefficient (Wildman–Crippen LogP) is 3.36. The maximum absolute atomic E-state index is 5.52. The Kier molecular flexibility index (Phi) is 7.06. The van der Waals surface area contributed by atoms with Crippen LogP contribution in [0.15, 0.2) is 0 Å². The fourth-order valence-electron chi connectivity index (χ4n) is 2.48. The van der Waals surface area contributed by atoms with Crippen molar-refractivity contribution in [2.45, 2.75) is 71.4 Å². The van der Waals surface area contributed by atoms with Gasteiger partial charge < -0.3 is 10.1 Å². The molecule has 0 aromatic carbocycles. The van der Waals surface area contributed by atoms with Crippen LogP contribution in [-0.2, 0) is 4.74 Å². The van der Waals surface area contributed by atoms with Crippen molar-refractivity contribution in [3.05, 3.63) is 0 Å². The van der Waals surface area contributed by atoms with E-state index in [1.54, 1.807) is 0 Å². The van der Waals surface area contributed by atoms with E-state index < -0.39 is 0 Å². The van der Waals surface area contributed by atoms with E-state index in [-0.39, 0.29) is 0 Å². The number of hydrogen-bond acceptors (Lipinski definition) is 2. The Bertz CT molecular complexity index is 170. The standard InChI is InChI=1S/C14H29NO/c1-4-13-7-8-14(11-13)15-9-5-6-10-16-12(2)3/h12-15H,4-11H2,1-3H3. The van der Waals surface area contributed by atoms with Crippen LogP contribution in [0.25, 0.3) is 0 Å². The second-order valence-corrected chi connectivity index (χ2v) is 5.37. The van der Waals surface area contributed by atoms with Crippen LogP contribution < -0.4 is 5.32 Å². The van der Waals surface area contributed by atoms with Crippen molar-refractivity contribution in [3.63, 3.8) is 0 Å². The molecular formula is C14H29NO. The van der Waals surface area contributed by atoms with Gasteiger partial charge in [-0.15, -0.1) is 0 Å². The number of unbranched alkanes of at least 4 members (excludes halogenated alkanes) is 1. The molecule has 0 amide bonds. The van der Waals surface area contributed by atoms with Crippen molar-refractivity contribution < 1.29 is 4.74 Å². The van der Waals surface area contributed by atoms with Crippen molar-refractivity contribution >= 4 is 0 Å². The molecule has 2 nitrogen and oxygen atoms in total. The minimum Gasteiger partial charge on any atom is -0.379 e. The predicted molar refractivity (Wildman–Crippen MR) is 69.7 cm³/mol. The summed E-state index contributed by atoms with van der Waals surface area (Å²) in [4.78, 5) is 0. The van der Waals surface area contributed by atoms with Crippen molar-refractivity contribution in [2.75, 3.05) is 13.2 Å². The zero-order chi connectivity index (χ0) is 11.8. The van der Waals surface area contributed by atoms with Gasteiger partial charge in [0.2, 0.25) is 0 Å². The van der Waals surface area contributed by atoms with Crippen LogP contribution >= 0.6 is 0 Å². The molecule has 1 saturated carbocycles. The Balaban J connectivity index is 1.88. The smallest absolute Gasteiger partial charge is 0.0518 e. The van der Waals surface area contributed by atoms with Crippen LogP contribution in [0.5, 0.6) is 0 Å². The summed E-state index contributed by atoms with van der Waals surface area (Å²) in [6.07, 6.45) is 8.41. The molecule has 2 heteroatoms. The molecule has 1 fully saturated rings. The van der Waals surface area contributed by atoms with E-state index >= 15 is 0 Å². The van der Waals surface area contributed by atoms with Crippen molar-refractivity contribution in [2.24, 2.45) is 5.92 Å². The molecule has 0 saturated heterocycles. The van der Waals surface area contributed by atoms with Gasteiger partial charge in [-0.05, 0) is 58.4 Å². The number of hydrogen-bond donors (Lipinski definition) is 1. The Morgan fingerprint density at radius 1 is 1.25 bits per heavy atom. The third-order valence-electron chi connectivity index (χ3n) is 3.57. The summed E-state index contributed by atoms with van der Waals surface area (Å²) in [6.45, 7) is 8.60. The van der Waals surface area contributed by atoms with E-state index in [4.69, 9.17) is 4.74 Å². The van der Waals surface area contributed by atoms with Crippen molar-refractivity contribution in [1.82, 2.24) is 5.32 Å². The Morgan fingerprint density at radius 2 is 2.06 bits per heavy atom. The second-order valence-electron chi connectivity index (χ2n) is 5.37. The third kappa shape index (κ3) is 5.86. The average Bonchev–Trinajstić information content (AvgIpc) is 2.70. The number of ether oxygens (including phenoxy) is 1. The van der Waals surface area contributed by atoms with Gasteiger partial charge in [0.05, 0.1) is 6.10 Å². The summed E-state index contributed by atoms with van der Waals surface area (Å²) in [5.74, 6) is 0.988. The summed E-state index contributed by atoms with van der Waals surface area (Å²) in [5, 5.41) is 3.68. The molecule has 0 aliphatic heterocycles. The lowest BCUT2D eigenvalue weighted by Gasteiger charge is -2.13. The molecule has 1 rings (SSSR count). The van der Waals surface area contributed by atoms with Gasteiger partial charge in [-0.2, -0.15) is 0 Å². The fraction of sp³-hybridized carbons (Fsp3) is 1.00. The Hall–Kier alpha value is -0.0800. The quantitative estimate of drug-likeness (QED) is 0.642. The van der Waals surface area contributed by atoms with E-state index in [1.807, 2.05) is 0 Å². The van der Waals surface area contributed by atoms with Crippen molar-refractivity contribution in [3.8, 4) is 0 Å². The summed E-state index contributed by atoms with van der Waals surface area (Å²) >= 11 is 0. The molecule has 1 aliphatic carbocycles. The first-order chi connectivity index (χ1) is 7.72. The van der Waals surface area contributed by atoms with Gasteiger partial charge in [0, 0.05) is 12.6 Å². The lowest BCUT2D eigenvalue weighted by molar-refractivity contribution is 0.0759. The van der Waals surface area contributed by atoms with E-state index in [0.29, 0.717) is 6.10 Å². The summed E-state index contributed by atoms with van der Waals surface area (Å²) in [6, 6.07) is 0.802. The number of nitrogens with one attached hydrogen (secondary N) is 1. The molecule has 0 radical (unpaired) electrons. The molecular weight excluding hydrogens is 198 g/mol. The highest BCUT2D eigenvalue weighted by Crippen LogP contribution is 2.27. The topological polar surface area (TPSA) is 21.3 Å². The monoisotopic (exact) mass is 227 g/mol. The lowest BCUT2D eigenvalue weighted by Crippen LogP contribution is -2.27. The zero-order valence-corrected chi connectivity index (χ0v) is 11.3. The van der Waals surface area contributed by atoms with E-state index in [9.17, 15) is 0 Å². The summed E-state index contributed by atoms with van der Waals surface area (Å²) in [5.41, 5.74) is 0. The highest BCUT2D eigenvalue weighted by molar-refractivity contribution is 4.79. The van der Waals surface area contributed by atoms with Gasteiger partial charge in [-0.3, -0.25) is 0 Å². The second kappa shape index (κ2) is 8.08. The summed E-state index contributed by atoms with van der Waals surface area (Å²) in [7, 11) is 0. The molecule has 2 atom stereocenters. The van der Waals surface area contributed by atoms with Crippen LogP contribution in [-0.4, -0.2) is 25.3 Å². The van der Waals surface area contributed by atoms with E-state index in [2.05, 4.69) is 26.1 Å². The minimum absolute atomic E-state index is 0.383. The maximum atomic E-state index is 5.52. The fourth-order valence-corrected chi connectivity index (χ4v) is 2.48. The largest absolute Gasteiger partial charge is 0.379 e. The summed E-state index contributed by atoms with van der Waals surface area (Å²) < 4.78 is 5.52. The molecule has 0 aromatic rings. The molecule has 0 spiro atoms. The molecule has 0 heterocycles. The first kappa shape index (κ1) is 14.0. The van der Waals surface area contributed by atoms with Gasteiger partial charge in [-0.25, -0.2) is 0 Å². The van der Waals surface area contributed by atoms with Gasteiger partial charge in [-0.1, -0.05) is 13.3 Å². The van der Waals surface area contributed by atoms with Crippen LogP contribution in [0.2, 0.25) is 0 Å². The highest BCUT2D eigenvalue weighted by Gasteiger charge is 2.22. The van der Waals surface area contributed by atoms with Gasteiger partial charge in [0.15, 0.2) is 0 Å². The molecule has 16 heavy (non-hydrogen) atoms. The lowest BCUT2D eigenvalue weighted by atomic mass is 10.1. The Labute approximate surface area is 101 Å². The van der Waals surface area contributed by atoms with Gasteiger partial charge in [0.1, 0.15) is 0 Å². The molecule has 0 bridgehead atoms. The molecule has 0 aromatic heterocycles. The van der Waals surface area contributed by atoms with Crippen LogP contribution in [0.1, 0.15) is 59.3 Å². The Morgan fingerprint density at radius 3 is 2.69 bits per heavy atom. The highest BCUT2D eigenvalue weighted by atomic mass is 16.5.